The lowest BCUT2D eigenvalue weighted by Crippen LogP contribution is -2.62. The topological polar surface area (TPSA) is 186 Å². The highest BCUT2D eigenvalue weighted by Gasteiger charge is 2.49. The van der Waals surface area contributed by atoms with Crippen molar-refractivity contribution in [1.82, 2.24) is 84.5 Å². The van der Waals surface area contributed by atoms with E-state index in [1.54, 1.807) is 11.3 Å². The van der Waals surface area contributed by atoms with Gasteiger partial charge in [0.05, 0.1) is 32.5 Å². The minimum Gasteiger partial charge on any atom is -0.448 e. The van der Waals surface area contributed by atoms with E-state index in [1.165, 1.54) is 122 Å². The van der Waals surface area contributed by atoms with Gasteiger partial charge in [-0.2, -0.15) is 0 Å². The number of urea groups is 1. The number of nitrogens with two attached hydrogens (primary N) is 1. The third-order valence-electron chi connectivity index (χ3n) is 27.5. The maximum absolute atomic E-state index is 11.0. The van der Waals surface area contributed by atoms with E-state index >= 15 is 0 Å². The molecule has 4 amide bonds. The zero-order valence-corrected chi connectivity index (χ0v) is 92.4. The standard InChI is InChI=1S/2C10H22N2.C10H18.3C9H20N2.2C9H19NO.C7H12N2O2.C7H16N2.C7H13NO2.C7H15N/c1-9-8-12(10(2,3)4)7-6-11(9)5;1-9-8-11(5)6-7-12(9)10(2,3)4;1-10(2,3)9-5-7-4-8(7)6-9;1-9(2,3)11-7-5-10(4)6-8-11;1-8-7-11(6-5-10-8)9(2,3)4;1-8-7-10-5-6-11(8)9(2,3)4;1-8-7-11-6-5-10(8)9(2,3)4;1-8-7-10(5-6-11-8)9(2,3)4;1-7(2,3)9-4-5(10)8-6(9)11;1-7(2,3)9-4-6(8)5-9;1-7(2,3)8-4-5-10-6(8)9;1-7(2,3)8-5-4-6-8/h2*9H,6-8H2,1-5H3;7-9H,4-6H2,1-3H3;5-8H2,1-4H3;2*8,10H,5-7H2,1-4H3;2*8H,5-7H2,1-4H3;4H2,1-3H3,(H,8,10,11);6H,4-5,8H2,1-3H3;4-5H2,1-3H3;4-6H2,1-3H3. The average Bonchev–Trinajstić information content (AvgIpc) is 1.62. The molecule has 8 unspecified atom stereocenters. The van der Waals surface area contributed by atoms with Crippen LogP contribution in [0.3, 0.4) is 0 Å². The Hall–Kier alpha value is -2.47. The summed E-state index contributed by atoms with van der Waals surface area (Å²) in [7, 11) is 6.61. The maximum Gasteiger partial charge on any atom is 0.410 e. The molecule has 24 heteroatoms. The Morgan fingerprint density at radius 3 is 1.11 bits per heavy atom. The van der Waals surface area contributed by atoms with Crippen LogP contribution >= 0.6 is 0 Å². The summed E-state index contributed by atoms with van der Waals surface area (Å²) in [6, 6.07) is 3.46. The fourth-order valence-corrected chi connectivity index (χ4v) is 18.3. The first kappa shape index (κ1) is 121. The number of hydrogen-bond acceptors (Lipinski definition) is 21. The number of carbonyl (C=O) groups is 3. The second-order valence-corrected chi connectivity index (χ2v) is 51.5. The largest absolute Gasteiger partial charge is 0.448 e. The lowest BCUT2D eigenvalue weighted by molar-refractivity contribution is -0.118. The van der Waals surface area contributed by atoms with Gasteiger partial charge in [0, 0.05) is 235 Å². The Balaban J connectivity index is 0.000000470. The van der Waals surface area contributed by atoms with Gasteiger partial charge in [0.2, 0.25) is 5.91 Å². The van der Waals surface area contributed by atoms with Gasteiger partial charge in [0.25, 0.3) is 0 Å². The van der Waals surface area contributed by atoms with E-state index in [1.807, 2.05) is 41.5 Å². The van der Waals surface area contributed by atoms with Gasteiger partial charge in [0.15, 0.2) is 0 Å². The number of piperazine rings is 5. The zero-order chi connectivity index (χ0) is 98.2. The molecule has 24 nitrogen and oxygen atoms in total. The molecule has 2 aliphatic carbocycles. The second-order valence-electron chi connectivity index (χ2n) is 51.5. The van der Waals surface area contributed by atoms with Crippen LogP contribution < -0.4 is 21.7 Å². The number of fused-ring (bicyclic) bond motifs is 1. The van der Waals surface area contributed by atoms with Crippen LogP contribution in [0.15, 0.2) is 0 Å². The van der Waals surface area contributed by atoms with Gasteiger partial charge < -0.3 is 50.2 Å². The van der Waals surface area contributed by atoms with Crippen molar-refractivity contribution in [3.05, 3.63) is 0 Å². The van der Waals surface area contributed by atoms with E-state index in [0.717, 1.165) is 96.5 Å². The van der Waals surface area contributed by atoms with Crippen molar-refractivity contribution in [3.63, 3.8) is 0 Å². The van der Waals surface area contributed by atoms with Crippen molar-refractivity contribution in [2.45, 2.75) is 420 Å². The van der Waals surface area contributed by atoms with E-state index in [-0.39, 0.29) is 35.7 Å². The fourth-order valence-electron chi connectivity index (χ4n) is 18.3. The zero-order valence-electron chi connectivity index (χ0n) is 92.4. The maximum atomic E-state index is 11.0. The molecule has 13 aliphatic rings. The number of hydrogen-bond donors (Lipinski definition) is 4. The van der Waals surface area contributed by atoms with Crippen LogP contribution in [0.25, 0.3) is 0 Å². The molecule has 127 heavy (non-hydrogen) atoms. The fraction of sp³-hybridized carbons (Fsp3) is 0.971. The number of imide groups is 1. The molecule has 11 heterocycles. The summed E-state index contributed by atoms with van der Waals surface area (Å²) in [6.07, 6.45) is 6.25. The van der Waals surface area contributed by atoms with Gasteiger partial charge >= 0.3 is 12.1 Å². The molecule has 8 atom stereocenters. The molecule has 11 saturated heterocycles. The summed E-state index contributed by atoms with van der Waals surface area (Å²) in [5, 5.41) is 9.06. The molecule has 0 aromatic rings. The van der Waals surface area contributed by atoms with E-state index in [9.17, 15) is 14.4 Å². The Morgan fingerprint density at radius 2 is 0.811 bits per heavy atom. The highest BCUT2D eigenvalue weighted by molar-refractivity contribution is 6.02. The van der Waals surface area contributed by atoms with Gasteiger partial charge in [-0.05, 0) is 353 Å². The smallest absolute Gasteiger partial charge is 0.410 e. The van der Waals surface area contributed by atoms with Gasteiger partial charge in [-0.25, -0.2) is 9.59 Å². The van der Waals surface area contributed by atoms with Gasteiger partial charge in [0.1, 0.15) is 13.2 Å². The SMILES string of the molecule is CC(C)(C)C1CC2CC2C1.CC(C)(C)N1CC(=O)NC1=O.CC(C)(C)N1CC(N)C1.CC(C)(C)N1CCC1.CC(C)(C)N1CCOC1=O.CC1CN(C(C)(C)C)CCN1.CC1CN(C(C)(C)C)CCN1C.CC1CN(C(C)(C)C)CCO1.CC1CN(C)CCN1C(C)(C)C.CC1CNCCN1C(C)(C)C.CC1COCCN1C(C)(C)C.CN1CCN(C(C)(C)C)CC1. The average molecular weight is 1800 g/mol. The second kappa shape index (κ2) is 51.6. The summed E-state index contributed by atoms with van der Waals surface area (Å²) in [5.41, 5.74) is 8.93. The van der Waals surface area contributed by atoms with Crippen LogP contribution in [0.2, 0.25) is 0 Å². The number of carbonyl (C=O) groups excluding carboxylic acids is 3. The van der Waals surface area contributed by atoms with Crippen molar-refractivity contribution in [2.75, 3.05) is 211 Å². The summed E-state index contributed by atoms with van der Waals surface area (Å²) >= 11 is 0. The molecule has 13 rings (SSSR count). The van der Waals surface area contributed by atoms with E-state index in [4.69, 9.17) is 19.9 Å². The predicted octanol–water partition coefficient (Wildman–Crippen LogP) is 15.6. The van der Waals surface area contributed by atoms with Crippen molar-refractivity contribution in [2.24, 2.45) is 28.9 Å². The third-order valence-corrected chi connectivity index (χ3v) is 27.5. The normalized spacial score (nSPS) is 27.5. The highest BCUT2D eigenvalue weighted by Crippen LogP contribution is 2.58. The van der Waals surface area contributed by atoms with Crippen LogP contribution in [0.5, 0.6) is 0 Å². The highest BCUT2D eigenvalue weighted by atomic mass is 16.6. The molecule has 0 radical (unpaired) electrons. The van der Waals surface area contributed by atoms with Crippen LogP contribution in [-0.4, -0.2) is 401 Å². The molecule has 13 fully saturated rings. The number of likely N-dealkylation sites (N-methyl/N-ethyl adjacent to an activating group) is 3. The molecular formula is C103H216N18O6. The van der Waals surface area contributed by atoms with E-state index < -0.39 is 0 Å². The first-order valence-electron chi connectivity index (χ1n) is 50.3. The third kappa shape index (κ3) is 46.8. The van der Waals surface area contributed by atoms with Crippen molar-refractivity contribution < 1.29 is 28.6 Å². The number of morpholine rings is 2. The lowest BCUT2D eigenvalue weighted by atomic mass is 9.78. The van der Waals surface area contributed by atoms with E-state index in [0.29, 0.717) is 104 Å². The van der Waals surface area contributed by atoms with Crippen LogP contribution in [0, 0.1) is 23.2 Å². The number of nitrogens with zero attached hydrogens (tertiary/aromatic N) is 14. The monoisotopic (exact) mass is 1800 g/mol. The molecule has 2 saturated carbocycles. The molecule has 0 aromatic heterocycles. The summed E-state index contributed by atoms with van der Waals surface area (Å²) < 4.78 is 15.6. The molecule has 5 N–H and O–H groups in total. The Bertz CT molecular complexity index is 2970. The van der Waals surface area contributed by atoms with Crippen LogP contribution in [0.4, 0.5) is 9.59 Å². The minimum absolute atomic E-state index is 0.0897. The molecule has 0 aromatic carbocycles. The number of cyclic esters (lactones) is 1. The number of ether oxygens (including phenoxy) is 3. The first-order valence-corrected chi connectivity index (χ1v) is 50.3. The van der Waals surface area contributed by atoms with Crippen LogP contribution in [-0.2, 0) is 19.0 Å². The molecule has 0 bridgehead atoms. The number of likely N-dealkylation sites (tertiary alicyclic amines) is 2. The van der Waals surface area contributed by atoms with Crippen LogP contribution in [0.1, 0.15) is 316 Å². The summed E-state index contributed by atoms with van der Waals surface area (Å²) in [4.78, 5) is 65.8. The Kier molecular flexibility index (Phi) is 49.0. The van der Waals surface area contributed by atoms with E-state index in [2.05, 4.69) is 345 Å². The molecular weight excluding hydrogens is 1590 g/mol. The quantitative estimate of drug-likeness (QED) is 0.168. The number of nitrogens with one attached hydrogen (secondary N) is 3. The Morgan fingerprint density at radius 1 is 0.362 bits per heavy atom. The molecule has 0 spiro atoms. The van der Waals surface area contributed by atoms with Gasteiger partial charge in [-0.3, -0.25) is 59.1 Å². The number of amides is 4. The Labute approximate surface area is 786 Å². The van der Waals surface area contributed by atoms with Crippen molar-refractivity contribution in [1.29, 1.82) is 0 Å². The summed E-state index contributed by atoms with van der Waals surface area (Å²) in [5.74, 6) is 3.13. The molecule has 754 valence electrons. The lowest BCUT2D eigenvalue weighted by Gasteiger charge is -2.46. The van der Waals surface area contributed by atoms with Crippen molar-refractivity contribution in [3.8, 4) is 0 Å². The molecule has 11 aliphatic heterocycles. The van der Waals surface area contributed by atoms with Gasteiger partial charge in [-0.15, -0.1) is 0 Å². The minimum atomic E-state index is -0.289. The summed E-state index contributed by atoms with van der Waals surface area (Å²) in [6.45, 7) is 125. The number of rotatable bonds is 0. The first-order chi connectivity index (χ1) is 57.4. The predicted molar refractivity (Wildman–Crippen MR) is 544 cm³/mol. The van der Waals surface area contributed by atoms with Crippen molar-refractivity contribution >= 4 is 18.0 Å². The van der Waals surface area contributed by atoms with Gasteiger partial charge in [-0.1, -0.05) is 20.8 Å².